The van der Waals surface area contributed by atoms with Gasteiger partial charge in [0, 0.05) is 38.2 Å². The van der Waals surface area contributed by atoms with E-state index in [4.69, 9.17) is 9.47 Å². The number of ether oxygens (including phenoxy) is 2. The first-order valence-corrected chi connectivity index (χ1v) is 7.87. The van der Waals surface area contributed by atoms with Crippen LogP contribution in [-0.4, -0.2) is 43.9 Å². The van der Waals surface area contributed by atoms with Crippen LogP contribution in [0, 0.1) is 11.3 Å². The van der Waals surface area contributed by atoms with E-state index in [2.05, 4.69) is 18.8 Å². The summed E-state index contributed by atoms with van der Waals surface area (Å²) in [5.41, 5.74) is 0.438. The van der Waals surface area contributed by atoms with Gasteiger partial charge in [-0.2, -0.15) is 0 Å². The Morgan fingerprint density at radius 3 is 2.95 bits per heavy atom. The molecular formula is C17H24N2O3. The highest BCUT2D eigenvalue weighted by Crippen LogP contribution is 2.53. The summed E-state index contributed by atoms with van der Waals surface area (Å²) < 4.78 is 11.7. The standard InChI is InChI=1S/C17H24N2O3/c1-17(2)14-12(6-5-9-21-14)15(17)22-16(20)11-7-8-18-13(10-11)19(3)4/h7-8,10,12,14-15H,5-6,9H2,1-4H3/t12-,14+,15-/m1/s1. The summed E-state index contributed by atoms with van der Waals surface area (Å²) in [7, 11) is 3.80. The SMILES string of the molecule is CN(C)c1cc(C(=O)O[C@@H]2[C@@H]3CCCO[C@@H]3C2(C)C)ccn1. The third-order valence-electron chi connectivity index (χ3n) is 4.90. The van der Waals surface area contributed by atoms with Crippen LogP contribution in [0.2, 0.25) is 0 Å². The monoisotopic (exact) mass is 304 g/mol. The van der Waals surface area contributed by atoms with E-state index in [9.17, 15) is 4.79 Å². The molecule has 0 bridgehead atoms. The Morgan fingerprint density at radius 1 is 1.45 bits per heavy atom. The van der Waals surface area contributed by atoms with Crippen LogP contribution < -0.4 is 4.90 Å². The van der Waals surface area contributed by atoms with Crippen LogP contribution in [0.25, 0.3) is 0 Å². The molecule has 2 fully saturated rings. The van der Waals surface area contributed by atoms with Crippen molar-refractivity contribution in [3.63, 3.8) is 0 Å². The third kappa shape index (κ3) is 2.47. The fourth-order valence-corrected chi connectivity index (χ4v) is 3.69. The van der Waals surface area contributed by atoms with Crippen molar-refractivity contribution in [3.8, 4) is 0 Å². The number of esters is 1. The van der Waals surface area contributed by atoms with Crippen LogP contribution in [-0.2, 0) is 9.47 Å². The first-order chi connectivity index (χ1) is 10.4. The van der Waals surface area contributed by atoms with Crippen molar-refractivity contribution in [2.75, 3.05) is 25.6 Å². The molecule has 120 valence electrons. The lowest BCUT2D eigenvalue weighted by Crippen LogP contribution is -2.65. The van der Waals surface area contributed by atoms with Crippen LogP contribution in [0.3, 0.4) is 0 Å². The Kier molecular flexibility index (Phi) is 3.85. The summed E-state index contributed by atoms with van der Waals surface area (Å²) in [6.45, 7) is 5.06. The molecule has 5 nitrogen and oxygen atoms in total. The summed E-state index contributed by atoms with van der Waals surface area (Å²) in [5, 5.41) is 0. The molecule has 0 amide bonds. The van der Waals surface area contributed by atoms with Gasteiger partial charge in [-0.1, -0.05) is 13.8 Å². The fourth-order valence-electron chi connectivity index (χ4n) is 3.69. The second-order valence-electron chi connectivity index (χ2n) is 7.04. The summed E-state index contributed by atoms with van der Waals surface area (Å²) in [6, 6.07) is 3.47. The number of aromatic nitrogens is 1. The normalized spacial score (nSPS) is 29.2. The van der Waals surface area contributed by atoms with Gasteiger partial charge < -0.3 is 14.4 Å². The van der Waals surface area contributed by atoms with Crippen LogP contribution >= 0.6 is 0 Å². The summed E-state index contributed by atoms with van der Waals surface area (Å²) >= 11 is 0. The van der Waals surface area contributed by atoms with Gasteiger partial charge in [0.2, 0.25) is 0 Å². The van der Waals surface area contributed by atoms with Gasteiger partial charge in [-0.15, -0.1) is 0 Å². The highest BCUT2D eigenvalue weighted by molar-refractivity contribution is 5.90. The average molecular weight is 304 g/mol. The maximum Gasteiger partial charge on any atom is 0.338 e. The van der Waals surface area contributed by atoms with Gasteiger partial charge in [-0.3, -0.25) is 0 Å². The topological polar surface area (TPSA) is 51.7 Å². The lowest BCUT2D eigenvalue weighted by Gasteiger charge is -2.58. The van der Waals surface area contributed by atoms with Gasteiger partial charge in [0.15, 0.2) is 0 Å². The highest BCUT2D eigenvalue weighted by atomic mass is 16.6. The van der Waals surface area contributed by atoms with Gasteiger partial charge in [0.1, 0.15) is 11.9 Å². The number of fused-ring (bicyclic) bond motifs is 1. The van der Waals surface area contributed by atoms with Crippen molar-refractivity contribution in [2.24, 2.45) is 11.3 Å². The third-order valence-corrected chi connectivity index (χ3v) is 4.90. The van der Waals surface area contributed by atoms with Crippen LogP contribution in [0.15, 0.2) is 18.3 Å². The van der Waals surface area contributed by atoms with E-state index in [1.54, 1.807) is 18.3 Å². The Bertz CT molecular complexity index is 571. The van der Waals surface area contributed by atoms with Crippen LogP contribution in [0.4, 0.5) is 5.82 Å². The molecule has 1 aliphatic heterocycles. The lowest BCUT2D eigenvalue weighted by molar-refractivity contribution is -0.243. The Labute approximate surface area is 131 Å². The Balaban J connectivity index is 1.73. The van der Waals surface area contributed by atoms with Crippen LogP contribution in [0.5, 0.6) is 0 Å². The largest absolute Gasteiger partial charge is 0.458 e. The molecule has 1 saturated heterocycles. The average Bonchev–Trinajstić information content (AvgIpc) is 2.52. The number of carbonyl (C=O) groups excluding carboxylic acids is 1. The molecule has 1 aromatic rings. The molecule has 0 spiro atoms. The second kappa shape index (κ2) is 5.54. The molecule has 0 N–H and O–H groups in total. The predicted octanol–water partition coefficient (Wildman–Crippen LogP) is 2.51. The number of pyridine rings is 1. The van der Waals surface area contributed by atoms with Gasteiger partial charge in [0.05, 0.1) is 11.7 Å². The molecule has 5 heteroatoms. The minimum absolute atomic E-state index is 0.0683. The van der Waals surface area contributed by atoms with E-state index in [0.29, 0.717) is 11.5 Å². The molecule has 0 aromatic carbocycles. The summed E-state index contributed by atoms with van der Waals surface area (Å²) in [4.78, 5) is 18.6. The molecular weight excluding hydrogens is 280 g/mol. The van der Waals surface area contributed by atoms with Gasteiger partial charge in [-0.25, -0.2) is 9.78 Å². The van der Waals surface area contributed by atoms with Gasteiger partial charge in [0.25, 0.3) is 0 Å². The Hall–Kier alpha value is -1.62. The molecule has 0 unspecified atom stereocenters. The number of rotatable bonds is 3. The van der Waals surface area contributed by atoms with Crippen LogP contribution in [0.1, 0.15) is 37.0 Å². The van der Waals surface area contributed by atoms with Gasteiger partial charge in [-0.05, 0) is 25.0 Å². The molecule has 1 aliphatic carbocycles. The molecule has 2 heterocycles. The van der Waals surface area contributed by atoms with Crippen molar-refractivity contribution >= 4 is 11.8 Å². The number of hydrogen-bond acceptors (Lipinski definition) is 5. The van der Waals surface area contributed by atoms with Gasteiger partial charge >= 0.3 is 5.97 Å². The predicted molar refractivity (Wildman–Crippen MR) is 84.0 cm³/mol. The van der Waals surface area contributed by atoms with E-state index in [1.807, 2.05) is 19.0 Å². The number of nitrogens with zero attached hydrogens (tertiary/aromatic N) is 2. The van der Waals surface area contributed by atoms with Crippen molar-refractivity contribution in [2.45, 2.75) is 38.9 Å². The number of carbonyl (C=O) groups is 1. The first kappa shape index (κ1) is 15.3. The minimum atomic E-state index is -0.271. The smallest absolute Gasteiger partial charge is 0.338 e. The maximum atomic E-state index is 12.5. The molecule has 1 saturated carbocycles. The maximum absolute atomic E-state index is 12.5. The zero-order valence-corrected chi connectivity index (χ0v) is 13.7. The fraction of sp³-hybridized carbons (Fsp3) is 0.647. The summed E-state index contributed by atoms with van der Waals surface area (Å²) in [6.07, 6.45) is 3.91. The number of hydrogen-bond donors (Lipinski definition) is 0. The van der Waals surface area contributed by atoms with Crippen molar-refractivity contribution in [1.82, 2.24) is 4.98 Å². The van der Waals surface area contributed by atoms with E-state index in [-0.39, 0.29) is 23.6 Å². The van der Waals surface area contributed by atoms with Crippen molar-refractivity contribution in [1.29, 1.82) is 0 Å². The molecule has 3 rings (SSSR count). The molecule has 1 aromatic heterocycles. The van der Waals surface area contributed by atoms with Crippen molar-refractivity contribution < 1.29 is 14.3 Å². The highest BCUT2D eigenvalue weighted by Gasteiger charge is 2.60. The summed E-state index contributed by atoms with van der Waals surface area (Å²) in [5.74, 6) is 0.816. The van der Waals surface area contributed by atoms with E-state index in [0.717, 1.165) is 25.3 Å². The number of anilines is 1. The minimum Gasteiger partial charge on any atom is -0.458 e. The molecule has 0 radical (unpaired) electrons. The zero-order valence-electron chi connectivity index (χ0n) is 13.7. The quantitative estimate of drug-likeness (QED) is 0.803. The van der Waals surface area contributed by atoms with Crippen molar-refractivity contribution in [3.05, 3.63) is 23.9 Å². The molecule has 22 heavy (non-hydrogen) atoms. The molecule has 2 aliphatic rings. The lowest BCUT2D eigenvalue weighted by atomic mass is 9.57. The second-order valence-corrected chi connectivity index (χ2v) is 7.04. The van der Waals surface area contributed by atoms with E-state index < -0.39 is 0 Å². The first-order valence-electron chi connectivity index (χ1n) is 7.87. The zero-order chi connectivity index (χ0) is 15.9. The van der Waals surface area contributed by atoms with E-state index in [1.165, 1.54) is 0 Å². The molecule has 3 atom stereocenters. The van der Waals surface area contributed by atoms with E-state index >= 15 is 0 Å². The Morgan fingerprint density at radius 2 is 2.23 bits per heavy atom.